The molecule has 0 atom stereocenters. The molecule has 0 amide bonds. The van der Waals surface area contributed by atoms with Gasteiger partial charge in [0, 0.05) is 5.69 Å². The van der Waals surface area contributed by atoms with Crippen LogP contribution in [0.4, 0.5) is 11.5 Å². The van der Waals surface area contributed by atoms with Crippen LogP contribution in [0.15, 0.2) is 30.5 Å². The summed E-state index contributed by atoms with van der Waals surface area (Å²) in [7, 11) is 0. The molecule has 0 fully saturated rings. The van der Waals surface area contributed by atoms with E-state index in [0.29, 0.717) is 11.4 Å². The van der Waals surface area contributed by atoms with E-state index >= 15 is 0 Å². The number of aryl methyl sites for hydroxylation is 2. The Morgan fingerprint density at radius 1 is 1.17 bits per heavy atom. The minimum atomic E-state index is 0.505. The lowest BCUT2D eigenvalue weighted by molar-refractivity contribution is 0.912. The molecule has 2 aromatic rings. The molecule has 1 heterocycles. The Hall–Kier alpha value is -2.41. The zero-order valence-corrected chi connectivity index (χ0v) is 9.85. The van der Waals surface area contributed by atoms with Crippen molar-refractivity contribution in [2.24, 2.45) is 0 Å². The zero-order chi connectivity index (χ0) is 12.4. The fourth-order valence-corrected chi connectivity index (χ4v) is 2.30. The highest BCUT2D eigenvalue weighted by Crippen LogP contribution is 2.26. The van der Waals surface area contributed by atoms with Gasteiger partial charge in [0.1, 0.15) is 6.07 Å². The van der Waals surface area contributed by atoms with E-state index in [2.05, 4.69) is 33.7 Å². The average molecular weight is 236 g/mol. The number of rotatable bonds is 2. The fraction of sp³-hybridized carbons (Fsp3) is 0.214. The molecule has 0 saturated heterocycles. The van der Waals surface area contributed by atoms with Gasteiger partial charge in [0.2, 0.25) is 0 Å². The summed E-state index contributed by atoms with van der Waals surface area (Å²) in [6.07, 6.45) is 5.06. The van der Waals surface area contributed by atoms with Crippen molar-refractivity contribution in [3.63, 3.8) is 0 Å². The van der Waals surface area contributed by atoms with Gasteiger partial charge in [0.25, 0.3) is 0 Å². The number of nitriles is 1. The van der Waals surface area contributed by atoms with Crippen LogP contribution < -0.4 is 5.32 Å². The summed E-state index contributed by atoms with van der Waals surface area (Å²) in [5.41, 5.74) is 4.29. The van der Waals surface area contributed by atoms with Gasteiger partial charge in [-0.2, -0.15) is 10.4 Å². The van der Waals surface area contributed by atoms with Gasteiger partial charge in [-0.15, -0.1) is 5.10 Å². The molecule has 0 unspecified atom stereocenters. The Kier molecular flexibility index (Phi) is 2.66. The third-order valence-corrected chi connectivity index (χ3v) is 3.20. The van der Waals surface area contributed by atoms with Crippen molar-refractivity contribution in [1.29, 1.82) is 5.26 Å². The van der Waals surface area contributed by atoms with E-state index in [-0.39, 0.29) is 0 Å². The number of anilines is 2. The van der Waals surface area contributed by atoms with Crippen molar-refractivity contribution in [3.05, 3.63) is 47.2 Å². The van der Waals surface area contributed by atoms with E-state index in [1.807, 2.05) is 6.07 Å². The van der Waals surface area contributed by atoms with Crippen LogP contribution in [0.2, 0.25) is 0 Å². The maximum atomic E-state index is 8.99. The van der Waals surface area contributed by atoms with E-state index in [4.69, 9.17) is 5.26 Å². The monoisotopic (exact) mass is 236 g/mol. The van der Waals surface area contributed by atoms with Gasteiger partial charge < -0.3 is 5.32 Å². The molecule has 1 N–H and O–H groups in total. The van der Waals surface area contributed by atoms with Gasteiger partial charge in [-0.05, 0) is 48.6 Å². The van der Waals surface area contributed by atoms with Gasteiger partial charge in [0.15, 0.2) is 5.82 Å². The highest BCUT2D eigenvalue weighted by Gasteiger charge is 2.11. The molecule has 0 radical (unpaired) electrons. The van der Waals surface area contributed by atoms with Gasteiger partial charge in [0.05, 0.1) is 11.8 Å². The predicted molar refractivity (Wildman–Crippen MR) is 68.5 cm³/mol. The van der Waals surface area contributed by atoms with Gasteiger partial charge in [-0.1, -0.05) is 6.07 Å². The number of fused-ring (bicyclic) bond motifs is 1. The number of aromatic nitrogens is 2. The maximum Gasteiger partial charge on any atom is 0.171 e. The first-order valence-electron chi connectivity index (χ1n) is 5.97. The predicted octanol–water partition coefficient (Wildman–Crippen LogP) is 2.58. The van der Waals surface area contributed by atoms with Crippen LogP contribution in [0.5, 0.6) is 0 Å². The third-order valence-electron chi connectivity index (χ3n) is 3.20. The lowest BCUT2D eigenvalue weighted by atomic mass is 10.1. The molecule has 0 bridgehead atoms. The lowest BCUT2D eigenvalue weighted by Gasteiger charge is -2.08. The van der Waals surface area contributed by atoms with Crippen LogP contribution in [0.1, 0.15) is 23.1 Å². The second-order valence-corrected chi connectivity index (χ2v) is 4.37. The number of hydrogen-bond acceptors (Lipinski definition) is 4. The Bertz CT molecular complexity index is 628. The number of benzene rings is 1. The quantitative estimate of drug-likeness (QED) is 0.870. The molecule has 18 heavy (non-hydrogen) atoms. The van der Waals surface area contributed by atoms with Crippen molar-refractivity contribution in [2.75, 3.05) is 5.32 Å². The van der Waals surface area contributed by atoms with Crippen molar-refractivity contribution >= 4 is 11.5 Å². The normalized spacial score (nSPS) is 12.8. The van der Waals surface area contributed by atoms with Crippen LogP contribution in [0, 0.1) is 11.3 Å². The van der Waals surface area contributed by atoms with Crippen LogP contribution in [-0.4, -0.2) is 10.2 Å². The van der Waals surface area contributed by atoms with E-state index in [0.717, 1.165) is 12.1 Å². The van der Waals surface area contributed by atoms with Crippen LogP contribution >= 0.6 is 0 Å². The molecule has 0 spiro atoms. The molecule has 1 aliphatic carbocycles. The maximum absolute atomic E-state index is 8.99. The second-order valence-electron chi connectivity index (χ2n) is 4.37. The Morgan fingerprint density at radius 3 is 2.94 bits per heavy atom. The highest BCUT2D eigenvalue weighted by atomic mass is 15.2. The molecule has 1 aromatic carbocycles. The molecule has 1 aromatic heterocycles. The first kappa shape index (κ1) is 10.7. The van der Waals surface area contributed by atoms with Gasteiger partial charge in [-0.3, -0.25) is 0 Å². The molecule has 1 aliphatic rings. The number of nitrogens with one attached hydrogen (secondary N) is 1. The van der Waals surface area contributed by atoms with E-state index < -0.39 is 0 Å². The third kappa shape index (κ3) is 1.91. The van der Waals surface area contributed by atoms with Crippen molar-refractivity contribution in [2.45, 2.75) is 19.3 Å². The van der Waals surface area contributed by atoms with Crippen LogP contribution in [0.25, 0.3) is 0 Å². The molecule has 4 nitrogen and oxygen atoms in total. The van der Waals surface area contributed by atoms with Gasteiger partial charge in [-0.25, -0.2) is 0 Å². The molecule has 88 valence electrons. The van der Waals surface area contributed by atoms with E-state index in [9.17, 15) is 0 Å². The average Bonchev–Trinajstić information content (AvgIpc) is 2.87. The SMILES string of the molecule is N#Cc1ccnnc1Nc1ccc2c(c1)CCC2. The Morgan fingerprint density at radius 2 is 2.06 bits per heavy atom. The molecule has 4 heteroatoms. The van der Waals surface area contributed by atoms with Crippen molar-refractivity contribution in [1.82, 2.24) is 10.2 Å². The van der Waals surface area contributed by atoms with E-state index in [1.165, 1.54) is 30.2 Å². The molecular formula is C14H12N4. The summed E-state index contributed by atoms with van der Waals surface area (Å²) >= 11 is 0. The van der Waals surface area contributed by atoms with Crippen LogP contribution in [0.3, 0.4) is 0 Å². The highest BCUT2D eigenvalue weighted by molar-refractivity contribution is 5.63. The first-order valence-corrected chi connectivity index (χ1v) is 5.97. The van der Waals surface area contributed by atoms with Gasteiger partial charge >= 0.3 is 0 Å². The van der Waals surface area contributed by atoms with Crippen LogP contribution in [-0.2, 0) is 12.8 Å². The smallest absolute Gasteiger partial charge is 0.171 e. The summed E-state index contributed by atoms with van der Waals surface area (Å²) in [6, 6.07) is 10.1. The summed E-state index contributed by atoms with van der Waals surface area (Å²) < 4.78 is 0. The largest absolute Gasteiger partial charge is 0.338 e. The number of nitrogens with zero attached hydrogens (tertiary/aromatic N) is 3. The topological polar surface area (TPSA) is 61.6 Å². The molecular weight excluding hydrogens is 224 g/mol. The lowest BCUT2D eigenvalue weighted by Crippen LogP contribution is -1.99. The number of hydrogen-bond donors (Lipinski definition) is 1. The summed E-state index contributed by atoms with van der Waals surface area (Å²) in [5, 5.41) is 19.9. The minimum absolute atomic E-state index is 0.505. The summed E-state index contributed by atoms with van der Waals surface area (Å²) in [4.78, 5) is 0. The second kappa shape index (κ2) is 4.46. The first-order chi connectivity index (χ1) is 8.86. The Labute approximate surface area is 105 Å². The van der Waals surface area contributed by atoms with E-state index in [1.54, 1.807) is 6.07 Å². The summed E-state index contributed by atoms with van der Waals surface area (Å²) in [6.45, 7) is 0. The van der Waals surface area contributed by atoms with Crippen molar-refractivity contribution in [3.8, 4) is 6.07 Å². The summed E-state index contributed by atoms with van der Waals surface area (Å²) in [5.74, 6) is 0.512. The molecule has 0 saturated carbocycles. The molecule has 0 aliphatic heterocycles. The van der Waals surface area contributed by atoms with Crippen molar-refractivity contribution < 1.29 is 0 Å². The minimum Gasteiger partial charge on any atom is -0.338 e. The molecule has 3 rings (SSSR count). The fourth-order valence-electron chi connectivity index (χ4n) is 2.30. The standard InChI is InChI=1S/C14H12N4/c15-9-12-6-7-16-18-14(12)17-13-5-4-10-2-1-3-11(10)8-13/h4-8H,1-3H2,(H,17,18). The Balaban J connectivity index is 1.91. The zero-order valence-electron chi connectivity index (χ0n) is 9.85.